The first-order chi connectivity index (χ1) is 11.5. The second-order valence-corrected chi connectivity index (χ2v) is 4.75. The van der Waals surface area contributed by atoms with Crippen molar-refractivity contribution >= 4 is 23.3 Å². The van der Waals surface area contributed by atoms with E-state index in [-0.39, 0.29) is 22.4 Å². The van der Waals surface area contributed by atoms with Gasteiger partial charge in [-0.3, -0.25) is 10.1 Å². The van der Waals surface area contributed by atoms with Crippen LogP contribution in [0.2, 0.25) is 0 Å². The first kappa shape index (κ1) is 17.0. The van der Waals surface area contributed by atoms with Gasteiger partial charge >= 0.3 is 5.97 Å². The highest BCUT2D eigenvalue weighted by molar-refractivity contribution is 6.21. The Labute approximate surface area is 137 Å². The van der Waals surface area contributed by atoms with Crippen molar-refractivity contribution in [3.05, 3.63) is 63.7 Å². The predicted molar refractivity (Wildman–Crippen MR) is 88.1 cm³/mol. The summed E-state index contributed by atoms with van der Waals surface area (Å²) in [5, 5.41) is 20.7. The molecule has 2 rings (SSSR count). The van der Waals surface area contributed by atoms with Crippen LogP contribution in [-0.4, -0.2) is 30.2 Å². The van der Waals surface area contributed by atoms with E-state index in [9.17, 15) is 20.0 Å². The smallest absolute Gasteiger partial charge is 0.336 e. The van der Waals surface area contributed by atoms with Crippen molar-refractivity contribution in [3.63, 3.8) is 0 Å². The number of ether oxygens (including phenoxy) is 2. The third-order valence-corrected chi connectivity index (χ3v) is 3.36. The molecule has 7 nitrogen and oxygen atoms in total. The van der Waals surface area contributed by atoms with Crippen LogP contribution in [0.1, 0.15) is 11.1 Å². The number of nitrogens with zero attached hydrogens (tertiary/aromatic N) is 1. The fourth-order valence-electron chi connectivity index (χ4n) is 2.21. The Morgan fingerprint density at radius 2 is 1.88 bits per heavy atom. The lowest BCUT2D eigenvalue weighted by molar-refractivity contribution is -0.385. The molecular weight excluding hydrogens is 314 g/mol. The highest BCUT2D eigenvalue weighted by atomic mass is 16.6. The summed E-state index contributed by atoms with van der Waals surface area (Å²) >= 11 is 0. The van der Waals surface area contributed by atoms with E-state index in [1.807, 2.05) is 0 Å². The summed E-state index contributed by atoms with van der Waals surface area (Å²) in [6.45, 7) is 0. The summed E-state index contributed by atoms with van der Waals surface area (Å²) in [6, 6.07) is 10.6. The van der Waals surface area contributed by atoms with Crippen molar-refractivity contribution in [2.24, 2.45) is 0 Å². The molecule has 7 heteroatoms. The molecule has 1 N–H and O–H groups in total. The zero-order chi connectivity index (χ0) is 17.7. The molecule has 0 aliphatic carbocycles. The van der Waals surface area contributed by atoms with Crippen molar-refractivity contribution in [3.8, 4) is 11.5 Å². The molecule has 0 aliphatic rings. The minimum Gasteiger partial charge on any atom is -0.497 e. The molecule has 0 radical (unpaired) electrons. The van der Waals surface area contributed by atoms with Crippen molar-refractivity contribution in [2.45, 2.75) is 0 Å². The fourth-order valence-corrected chi connectivity index (χ4v) is 2.21. The summed E-state index contributed by atoms with van der Waals surface area (Å²) in [4.78, 5) is 22.3. The van der Waals surface area contributed by atoms with Crippen LogP contribution in [0.25, 0.3) is 11.6 Å². The highest BCUT2D eigenvalue weighted by Gasteiger charge is 2.19. The van der Waals surface area contributed by atoms with Crippen LogP contribution in [0.5, 0.6) is 11.5 Å². The van der Waals surface area contributed by atoms with Gasteiger partial charge in [0.05, 0.1) is 30.3 Å². The van der Waals surface area contributed by atoms with Gasteiger partial charge in [-0.05, 0) is 30.3 Å². The number of hydrogen-bond donors (Lipinski definition) is 1. The number of rotatable bonds is 6. The lowest BCUT2D eigenvalue weighted by Crippen LogP contribution is -2.03. The quantitative estimate of drug-likeness (QED) is 0.378. The number of carbonyl (C=O) groups is 1. The van der Waals surface area contributed by atoms with Gasteiger partial charge in [0, 0.05) is 11.6 Å². The highest BCUT2D eigenvalue weighted by Crippen LogP contribution is 2.33. The molecule has 0 atom stereocenters. The number of hydrogen-bond acceptors (Lipinski definition) is 5. The van der Waals surface area contributed by atoms with E-state index in [2.05, 4.69) is 0 Å². The number of benzene rings is 2. The molecule has 2 aromatic rings. The molecule has 124 valence electrons. The maximum atomic E-state index is 11.7. The van der Waals surface area contributed by atoms with E-state index in [0.29, 0.717) is 11.5 Å². The van der Waals surface area contributed by atoms with Crippen molar-refractivity contribution in [2.75, 3.05) is 14.2 Å². The minimum absolute atomic E-state index is 0.139. The molecule has 24 heavy (non-hydrogen) atoms. The lowest BCUT2D eigenvalue weighted by atomic mass is 10.0. The fraction of sp³-hybridized carbons (Fsp3) is 0.118. The Morgan fingerprint density at radius 1 is 1.17 bits per heavy atom. The van der Waals surface area contributed by atoms with E-state index < -0.39 is 10.9 Å². The van der Waals surface area contributed by atoms with Crippen molar-refractivity contribution in [1.82, 2.24) is 0 Å². The van der Waals surface area contributed by atoms with Gasteiger partial charge in [0.2, 0.25) is 0 Å². The number of aliphatic carboxylic acids is 1. The van der Waals surface area contributed by atoms with Crippen LogP contribution in [-0.2, 0) is 4.79 Å². The number of carboxylic acid groups (broad SMARTS) is 1. The number of nitro benzene ring substituents is 1. The maximum absolute atomic E-state index is 11.7. The van der Waals surface area contributed by atoms with Crippen LogP contribution in [0.4, 0.5) is 5.69 Å². The Kier molecular flexibility index (Phi) is 5.16. The van der Waals surface area contributed by atoms with Crippen molar-refractivity contribution < 1.29 is 24.3 Å². The van der Waals surface area contributed by atoms with Gasteiger partial charge in [-0.15, -0.1) is 0 Å². The molecule has 0 heterocycles. The average Bonchev–Trinajstić information content (AvgIpc) is 2.59. The van der Waals surface area contributed by atoms with Crippen LogP contribution in [0.3, 0.4) is 0 Å². The number of para-hydroxylation sites is 1. The van der Waals surface area contributed by atoms with Gasteiger partial charge in [0.15, 0.2) is 0 Å². The van der Waals surface area contributed by atoms with Gasteiger partial charge in [0.1, 0.15) is 11.5 Å². The van der Waals surface area contributed by atoms with E-state index >= 15 is 0 Å². The number of nitro groups is 1. The molecule has 0 fully saturated rings. The van der Waals surface area contributed by atoms with E-state index in [0.717, 1.165) is 0 Å². The van der Waals surface area contributed by atoms with E-state index in [1.54, 1.807) is 18.2 Å². The van der Waals surface area contributed by atoms with Gasteiger partial charge in [-0.1, -0.05) is 12.1 Å². The second-order valence-electron chi connectivity index (χ2n) is 4.75. The molecule has 0 spiro atoms. The first-order valence-corrected chi connectivity index (χ1v) is 6.88. The molecule has 0 amide bonds. The third kappa shape index (κ3) is 3.52. The molecule has 0 saturated heterocycles. The topological polar surface area (TPSA) is 98.9 Å². The largest absolute Gasteiger partial charge is 0.497 e. The molecule has 0 saturated carbocycles. The van der Waals surface area contributed by atoms with Gasteiger partial charge in [-0.25, -0.2) is 4.79 Å². The standard InChI is InChI=1S/C17H15NO6/c1-23-12-7-8-16(24-2)13(10-12)14(17(19)20)9-11-5-3-4-6-15(11)18(21)22/h3-10H,1-2H3,(H,19,20)/b14-9-. The summed E-state index contributed by atoms with van der Waals surface area (Å²) in [5.74, 6) is -0.469. The Hall–Kier alpha value is -3.35. The van der Waals surface area contributed by atoms with Gasteiger partial charge in [-0.2, -0.15) is 0 Å². The Bertz CT molecular complexity index is 812. The molecule has 0 bridgehead atoms. The summed E-state index contributed by atoms with van der Waals surface area (Å²) < 4.78 is 10.3. The minimum atomic E-state index is -1.24. The number of methoxy groups -OCH3 is 2. The third-order valence-electron chi connectivity index (χ3n) is 3.36. The van der Waals surface area contributed by atoms with Gasteiger partial charge in [0.25, 0.3) is 5.69 Å². The molecule has 0 aromatic heterocycles. The second kappa shape index (κ2) is 7.28. The SMILES string of the molecule is COc1ccc(OC)c(/C(=C/c2ccccc2[N+](=O)[O-])C(=O)O)c1. The normalized spacial score (nSPS) is 11.0. The average molecular weight is 329 g/mol. The molecule has 0 aliphatic heterocycles. The maximum Gasteiger partial charge on any atom is 0.336 e. The first-order valence-electron chi connectivity index (χ1n) is 6.88. The van der Waals surface area contributed by atoms with Crippen molar-refractivity contribution in [1.29, 1.82) is 0 Å². The summed E-state index contributed by atoms with van der Waals surface area (Å²) in [6.07, 6.45) is 1.25. The summed E-state index contributed by atoms with van der Waals surface area (Å²) in [7, 11) is 2.87. The van der Waals surface area contributed by atoms with E-state index in [1.165, 1.54) is 44.6 Å². The van der Waals surface area contributed by atoms with Gasteiger partial charge < -0.3 is 14.6 Å². The van der Waals surface area contributed by atoms with E-state index in [4.69, 9.17) is 9.47 Å². The lowest BCUT2D eigenvalue weighted by Gasteiger charge is -2.11. The molecular formula is C17H15NO6. The number of carboxylic acids is 1. The van der Waals surface area contributed by atoms with Crippen LogP contribution >= 0.6 is 0 Å². The predicted octanol–water partition coefficient (Wildman–Crippen LogP) is 3.24. The Morgan fingerprint density at radius 3 is 2.46 bits per heavy atom. The molecule has 0 unspecified atom stereocenters. The van der Waals surface area contributed by atoms with Crippen LogP contribution in [0, 0.1) is 10.1 Å². The molecule has 2 aromatic carbocycles. The zero-order valence-corrected chi connectivity index (χ0v) is 13.1. The Balaban J connectivity index is 2.68. The van der Waals surface area contributed by atoms with Crippen LogP contribution < -0.4 is 9.47 Å². The van der Waals surface area contributed by atoms with Crippen LogP contribution in [0.15, 0.2) is 42.5 Å². The zero-order valence-electron chi connectivity index (χ0n) is 13.1. The summed E-state index contributed by atoms with van der Waals surface area (Å²) in [5.41, 5.74) is 0.130. The monoisotopic (exact) mass is 329 g/mol.